The van der Waals surface area contributed by atoms with Gasteiger partial charge in [0.1, 0.15) is 5.75 Å². The van der Waals surface area contributed by atoms with Crippen molar-refractivity contribution < 1.29 is 4.74 Å². The van der Waals surface area contributed by atoms with Crippen LogP contribution in [0.5, 0.6) is 5.75 Å². The van der Waals surface area contributed by atoms with Crippen molar-refractivity contribution in [1.82, 2.24) is 4.90 Å². The quantitative estimate of drug-likeness (QED) is 0.904. The molecule has 1 atom stereocenters. The summed E-state index contributed by atoms with van der Waals surface area (Å²) in [7, 11) is 2.19. The zero-order chi connectivity index (χ0) is 13.3. The maximum atomic E-state index is 6.17. The normalized spacial score (nSPS) is 26.8. The standard InChI is InChI=1S/C16H24N2O/c1-16(8-10-18(2)11-16)12-19-15-7-3-6-14-13(15)5-4-9-17-14/h3,6-7,17H,4-5,8-12H2,1-2H3. The van der Waals surface area contributed by atoms with Gasteiger partial charge in [0.15, 0.2) is 0 Å². The van der Waals surface area contributed by atoms with Gasteiger partial charge in [0.25, 0.3) is 0 Å². The Morgan fingerprint density at radius 1 is 1.42 bits per heavy atom. The molecule has 1 N–H and O–H groups in total. The van der Waals surface area contributed by atoms with Gasteiger partial charge in [0.05, 0.1) is 6.61 Å². The van der Waals surface area contributed by atoms with E-state index in [4.69, 9.17) is 4.74 Å². The molecule has 0 amide bonds. The van der Waals surface area contributed by atoms with Crippen molar-refractivity contribution >= 4 is 5.69 Å². The Morgan fingerprint density at radius 3 is 3.11 bits per heavy atom. The molecule has 0 bridgehead atoms. The molecule has 3 nitrogen and oxygen atoms in total. The Bertz CT molecular complexity index is 460. The van der Waals surface area contributed by atoms with Crippen molar-refractivity contribution in [2.75, 3.05) is 38.6 Å². The first-order valence-corrected chi connectivity index (χ1v) is 7.33. The minimum Gasteiger partial charge on any atom is -0.493 e. The fraction of sp³-hybridized carbons (Fsp3) is 0.625. The maximum absolute atomic E-state index is 6.17. The number of hydrogen-bond acceptors (Lipinski definition) is 3. The molecule has 0 spiro atoms. The van der Waals surface area contributed by atoms with Crippen LogP contribution in [0.15, 0.2) is 18.2 Å². The van der Waals surface area contributed by atoms with Crippen molar-refractivity contribution in [1.29, 1.82) is 0 Å². The summed E-state index contributed by atoms with van der Waals surface area (Å²) in [4.78, 5) is 2.39. The van der Waals surface area contributed by atoms with Crippen molar-refractivity contribution in [3.8, 4) is 5.75 Å². The molecule has 0 aromatic heterocycles. The number of ether oxygens (including phenoxy) is 1. The summed E-state index contributed by atoms with van der Waals surface area (Å²) in [6.45, 7) is 6.57. The van der Waals surface area contributed by atoms with E-state index in [1.165, 1.54) is 30.6 Å². The first kappa shape index (κ1) is 12.8. The monoisotopic (exact) mass is 260 g/mol. The van der Waals surface area contributed by atoms with E-state index in [1.54, 1.807) is 0 Å². The molecule has 2 aliphatic rings. The van der Waals surface area contributed by atoms with Gasteiger partial charge in [-0.15, -0.1) is 0 Å². The Hall–Kier alpha value is -1.22. The molecule has 19 heavy (non-hydrogen) atoms. The van der Waals surface area contributed by atoms with Gasteiger partial charge in [0, 0.05) is 29.8 Å². The lowest BCUT2D eigenvalue weighted by atomic mass is 9.91. The maximum Gasteiger partial charge on any atom is 0.124 e. The summed E-state index contributed by atoms with van der Waals surface area (Å²) in [6.07, 6.45) is 3.57. The third-order valence-corrected chi connectivity index (χ3v) is 4.38. The van der Waals surface area contributed by atoms with Crippen LogP contribution in [-0.4, -0.2) is 38.2 Å². The summed E-state index contributed by atoms with van der Waals surface area (Å²) >= 11 is 0. The summed E-state index contributed by atoms with van der Waals surface area (Å²) < 4.78 is 6.17. The van der Waals surface area contributed by atoms with Gasteiger partial charge in [-0.2, -0.15) is 0 Å². The number of rotatable bonds is 3. The number of hydrogen-bond donors (Lipinski definition) is 1. The molecule has 0 radical (unpaired) electrons. The number of nitrogens with zero attached hydrogens (tertiary/aromatic N) is 1. The SMILES string of the molecule is CN1CCC(C)(COc2cccc3c2CCCN3)C1. The minimum absolute atomic E-state index is 0.305. The van der Waals surface area contributed by atoms with Gasteiger partial charge in [-0.25, -0.2) is 0 Å². The Kier molecular flexibility index (Phi) is 3.40. The van der Waals surface area contributed by atoms with Crippen LogP contribution in [0.4, 0.5) is 5.69 Å². The van der Waals surface area contributed by atoms with E-state index < -0.39 is 0 Å². The third kappa shape index (κ3) is 2.71. The highest BCUT2D eigenvalue weighted by molar-refractivity contribution is 5.59. The molecule has 3 rings (SSSR count). The summed E-state index contributed by atoms with van der Waals surface area (Å²) in [5.41, 5.74) is 2.93. The van der Waals surface area contributed by atoms with Crippen molar-refractivity contribution in [3.05, 3.63) is 23.8 Å². The predicted octanol–water partition coefficient (Wildman–Crippen LogP) is 2.77. The zero-order valence-electron chi connectivity index (χ0n) is 12.0. The highest BCUT2D eigenvalue weighted by Crippen LogP contribution is 2.34. The van der Waals surface area contributed by atoms with Crippen molar-refractivity contribution in [2.45, 2.75) is 26.2 Å². The molecule has 1 aromatic rings. The summed E-state index contributed by atoms with van der Waals surface area (Å²) in [6, 6.07) is 6.37. The Balaban J connectivity index is 1.70. The first-order chi connectivity index (χ1) is 9.16. The average Bonchev–Trinajstić information content (AvgIpc) is 2.77. The molecule has 1 saturated heterocycles. The number of benzene rings is 1. The molecule has 104 valence electrons. The van der Waals surface area contributed by atoms with Gasteiger partial charge in [-0.3, -0.25) is 0 Å². The van der Waals surface area contributed by atoms with Gasteiger partial charge in [-0.05, 0) is 45.0 Å². The Morgan fingerprint density at radius 2 is 2.32 bits per heavy atom. The lowest BCUT2D eigenvalue weighted by Crippen LogP contribution is -2.28. The zero-order valence-corrected chi connectivity index (χ0v) is 12.0. The number of likely N-dealkylation sites (tertiary alicyclic amines) is 1. The van der Waals surface area contributed by atoms with Gasteiger partial charge >= 0.3 is 0 Å². The van der Waals surface area contributed by atoms with E-state index in [2.05, 4.69) is 42.4 Å². The van der Waals surface area contributed by atoms with Crippen LogP contribution >= 0.6 is 0 Å². The van der Waals surface area contributed by atoms with Crippen LogP contribution < -0.4 is 10.1 Å². The number of fused-ring (bicyclic) bond motifs is 1. The molecular formula is C16H24N2O. The van der Waals surface area contributed by atoms with Crippen LogP contribution in [0.25, 0.3) is 0 Å². The number of anilines is 1. The van der Waals surface area contributed by atoms with E-state index in [0.717, 1.165) is 31.9 Å². The fourth-order valence-corrected chi connectivity index (χ4v) is 3.25. The molecule has 2 aliphatic heterocycles. The van der Waals surface area contributed by atoms with E-state index in [9.17, 15) is 0 Å². The van der Waals surface area contributed by atoms with Crippen molar-refractivity contribution in [2.24, 2.45) is 5.41 Å². The van der Waals surface area contributed by atoms with Crippen LogP contribution in [0.3, 0.4) is 0 Å². The van der Waals surface area contributed by atoms with Crippen LogP contribution in [0.2, 0.25) is 0 Å². The minimum atomic E-state index is 0.305. The molecule has 2 heterocycles. The molecule has 1 unspecified atom stereocenters. The van der Waals surface area contributed by atoms with Gasteiger partial charge in [0.2, 0.25) is 0 Å². The van der Waals surface area contributed by atoms with Crippen LogP contribution in [0, 0.1) is 5.41 Å². The molecule has 0 saturated carbocycles. The highest BCUT2D eigenvalue weighted by atomic mass is 16.5. The summed E-state index contributed by atoms with van der Waals surface area (Å²) in [5.74, 6) is 1.08. The smallest absolute Gasteiger partial charge is 0.124 e. The fourth-order valence-electron chi connectivity index (χ4n) is 3.25. The van der Waals surface area contributed by atoms with E-state index >= 15 is 0 Å². The number of nitrogens with one attached hydrogen (secondary N) is 1. The lowest BCUT2D eigenvalue weighted by Gasteiger charge is -2.26. The first-order valence-electron chi connectivity index (χ1n) is 7.33. The molecule has 0 aliphatic carbocycles. The molecule has 1 fully saturated rings. The average molecular weight is 260 g/mol. The Labute approximate surface area is 115 Å². The highest BCUT2D eigenvalue weighted by Gasteiger charge is 2.33. The van der Waals surface area contributed by atoms with Crippen LogP contribution in [0.1, 0.15) is 25.3 Å². The van der Waals surface area contributed by atoms with Crippen molar-refractivity contribution in [3.63, 3.8) is 0 Å². The topological polar surface area (TPSA) is 24.5 Å². The third-order valence-electron chi connectivity index (χ3n) is 4.38. The lowest BCUT2D eigenvalue weighted by molar-refractivity contribution is 0.167. The predicted molar refractivity (Wildman–Crippen MR) is 79.0 cm³/mol. The van der Waals surface area contributed by atoms with E-state index in [1.807, 2.05) is 0 Å². The summed E-state index contributed by atoms with van der Waals surface area (Å²) in [5, 5.41) is 3.46. The second kappa shape index (κ2) is 5.04. The second-order valence-electron chi connectivity index (χ2n) is 6.40. The molecule has 3 heteroatoms. The van der Waals surface area contributed by atoms with E-state index in [-0.39, 0.29) is 0 Å². The second-order valence-corrected chi connectivity index (χ2v) is 6.40. The van der Waals surface area contributed by atoms with Gasteiger partial charge in [-0.1, -0.05) is 13.0 Å². The largest absolute Gasteiger partial charge is 0.493 e. The molecule has 1 aromatic carbocycles. The van der Waals surface area contributed by atoms with Crippen LogP contribution in [-0.2, 0) is 6.42 Å². The van der Waals surface area contributed by atoms with Gasteiger partial charge < -0.3 is 15.0 Å². The van der Waals surface area contributed by atoms with E-state index in [0.29, 0.717) is 5.41 Å². The molecular weight excluding hydrogens is 236 g/mol.